The molecule has 0 N–H and O–H groups in total. The molecule has 9 nitrogen and oxygen atoms in total. The van der Waals surface area contributed by atoms with Gasteiger partial charge in [0.2, 0.25) is 15.9 Å². The number of rotatable bonds is 5. The van der Waals surface area contributed by atoms with E-state index in [2.05, 4.69) is 11.1 Å². The molecule has 1 saturated heterocycles. The Balaban J connectivity index is 1.33. The van der Waals surface area contributed by atoms with E-state index in [1.807, 2.05) is 12.1 Å². The van der Waals surface area contributed by atoms with Gasteiger partial charge in [-0.25, -0.2) is 8.42 Å². The van der Waals surface area contributed by atoms with Crippen molar-refractivity contribution in [1.82, 2.24) is 9.29 Å². The number of fused-ring (bicyclic) bond motifs is 1. The van der Waals surface area contributed by atoms with Gasteiger partial charge in [-0.15, -0.1) is 0 Å². The van der Waals surface area contributed by atoms with Crippen molar-refractivity contribution >= 4 is 21.6 Å². The van der Waals surface area contributed by atoms with E-state index in [1.165, 1.54) is 23.5 Å². The highest BCUT2D eigenvalue weighted by Crippen LogP contribution is 2.41. The van der Waals surface area contributed by atoms with Crippen molar-refractivity contribution in [2.75, 3.05) is 38.3 Å². The first-order chi connectivity index (χ1) is 16.9. The van der Waals surface area contributed by atoms with Crippen molar-refractivity contribution in [3.8, 4) is 28.7 Å². The molecule has 2 aliphatic rings. The van der Waals surface area contributed by atoms with E-state index in [4.69, 9.17) is 14.7 Å². The van der Waals surface area contributed by atoms with Crippen LogP contribution in [0.1, 0.15) is 5.56 Å². The molecule has 0 bridgehead atoms. The molecule has 0 radical (unpaired) electrons. The van der Waals surface area contributed by atoms with Gasteiger partial charge in [0, 0.05) is 24.8 Å². The topological polar surface area (TPSA) is 113 Å². The predicted octanol–water partition coefficient (Wildman–Crippen LogP) is 2.67. The molecule has 0 spiro atoms. The number of carbonyl (C=O) groups excluding carboxylic acids is 1. The molecule has 1 fully saturated rings. The maximum Gasteiger partial charge on any atom is 0.243 e. The number of carbonyl (C=O) groups is 1. The number of anilines is 1. The maximum absolute atomic E-state index is 13.3. The summed E-state index contributed by atoms with van der Waals surface area (Å²) in [6.07, 6.45) is 3.25. The van der Waals surface area contributed by atoms with E-state index in [-0.39, 0.29) is 23.9 Å². The average molecular weight is 491 g/mol. The molecule has 178 valence electrons. The fourth-order valence-electron chi connectivity index (χ4n) is 4.21. The van der Waals surface area contributed by atoms with Gasteiger partial charge in [0.05, 0.1) is 42.3 Å². The van der Waals surface area contributed by atoms with E-state index in [0.29, 0.717) is 35.9 Å². The lowest BCUT2D eigenvalue weighted by atomic mass is 10.00. The zero-order valence-electron chi connectivity index (χ0n) is 18.9. The molecule has 3 heterocycles. The number of aromatic nitrogens is 1. The van der Waals surface area contributed by atoms with Crippen LogP contribution in [0, 0.1) is 17.2 Å². The molecule has 3 aromatic rings. The fraction of sp³-hybridized carbons (Fsp3) is 0.240. The number of methoxy groups -OCH3 is 1. The van der Waals surface area contributed by atoms with Gasteiger partial charge < -0.3 is 14.4 Å². The van der Waals surface area contributed by atoms with E-state index in [0.717, 1.165) is 11.1 Å². The molecule has 10 heteroatoms. The molecule has 0 saturated carbocycles. The lowest BCUT2D eigenvalue weighted by Crippen LogP contribution is -2.57. The second-order valence-corrected chi connectivity index (χ2v) is 10.2. The van der Waals surface area contributed by atoms with Crippen LogP contribution in [-0.2, 0) is 14.8 Å². The summed E-state index contributed by atoms with van der Waals surface area (Å²) in [6.45, 7) is 0.893. The first-order valence-corrected chi connectivity index (χ1v) is 12.4. The summed E-state index contributed by atoms with van der Waals surface area (Å²) in [5, 5.41) is 9.05. The normalized spacial score (nSPS) is 15.9. The number of nitriles is 1. The van der Waals surface area contributed by atoms with Crippen molar-refractivity contribution in [2.45, 2.75) is 4.90 Å². The third-order valence-corrected chi connectivity index (χ3v) is 8.06. The molecule has 1 amide bonds. The molecule has 0 aliphatic carbocycles. The van der Waals surface area contributed by atoms with Crippen LogP contribution in [-0.4, -0.2) is 57.0 Å². The van der Waals surface area contributed by atoms with Gasteiger partial charge in [0.25, 0.3) is 0 Å². The third-order valence-electron chi connectivity index (χ3n) is 6.22. The maximum atomic E-state index is 13.3. The molecule has 5 rings (SSSR count). The standard InChI is InChI=1S/C25H22N4O5S/c1-33-20-6-8-21(9-7-20)35(31,32)28-15-19(16-28)25(30)29-10-11-34-24-22(13-27-14-23(24)29)18-4-2-17(12-26)3-5-18/h2-9,13-14,19H,10-11,15-16H2,1H3. The molecular weight excluding hydrogens is 468 g/mol. The van der Waals surface area contributed by atoms with Crippen LogP contribution < -0.4 is 14.4 Å². The van der Waals surface area contributed by atoms with Gasteiger partial charge >= 0.3 is 0 Å². The minimum Gasteiger partial charge on any atom is -0.497 e. The van der Waals surface area contributed by atoms with Crippen molar-refractivity contribution in [3.05, 3.63) is 66.5 Å². The van der Waals surface area contributed by atoms with Crippen molar-refractivity contribution in [2.24, 2.45) is 5.92 Å². The second kappa shape index (κ2) is 9.02. The lowest BCUT2D eigenvalue weighted by molar-refractivity contribution is -0.125. The highest BCUT2D eigenvalue weighted by Gasteiger charge is 2.43. The fourth-order valence-corrected chi connectivity index (χ4v) is 5.74. The molecule has 35 heavy (non-hydrogen) atoms. The van der Waals surface area contributed by atoms with Gasteiger partial charge in [-0.1, -0.05) is 12.1 Å². The Bertz CT molecular complexity index is 1410. The monoisotopic (exact) mass is 490 g/mol. The Morgan fingerprint density at radius 1 is 1.11 bits per heavy atom. The smallest absolute Gasteiger partial charge is 0.243 e. The molecule has 2 aliphatic heterocycles. The van der Waals surface area contributed by atoms with E-state index in [9.17, 15) is 13.2 Å². The first-order valence-electron chi connectivity index (χ1n) is 11.0. The zero-order chi connectivity index (χ0) is 24.6. The zero-order valence-corrected chi connectivity index (χ0v) is 19.7. The van der Waals surface area contributed by atoms with Crippen LogP contribution in [0.2, 0.25) is 0 Å². The van der Waals surface area contributed by atoms with E-state index < -0.39 is 15.9 Å². The van der Waals surface area contributed by atoms with Crippen LogP contribution >= 0.6 is 0 Å². The summed E-state index contributed by atoms with van der Waals surface area (Å²) in [5.74, 6) is 0.508. The van der Waals surface area contributed by atoms with Gasteiger partial charge in [-0.2, -0.15) is 9.57 Å². The summed E-state index contributed by atoms with van der Waals surface area (Å²) in [7, 11) is -2.17. The number of hydrogen-bond acceptors (Lipinski definition) is 7. The van der Waals surface area contributed by atoms with Crippen molar-refractivity contribution in [1.29, 1.82) is 5.26 Å². The minimum atomic E-state index is -3.69. The quantitative estimate of drug-likeness (QED) is 0.540. The predicted molar refractivity (Wildman–Crippen MR) is 127 cm³/mol. The Morgan fingerprint density at radius 3 is 2.49 bits per heavy atom. The van der Waals surface area contributed by atoms with Gasteiger partial charge in [0.1, 0.15) is 18.0 Å². The average Bonchev–Trinajstić information content (AvgIpc) is 2.87. The molecular formula is C25H22N4O5S. The Hall–Kier alpha value is -3.94. The number of nitrogens with zero attached hydrogens (tertiary/aromatic N) is 4. The van der Waals surface area contributed by atoms with Crippen LogP contribution in [0.25, 0.3) is 11.1 Å². The summed E-state index contributed by atoms with van der Waals surface area (Å²) in [5.41, 5.74) is 2.65. The Labute approximate surface area is 203 Å². The largest absolute Gasteiger partial charge is 0.497 e. The van der Waals surface area contributed by atoms with Crippen LogP contribution in [0.15, 0.2) is 65.8 Å². The summed E-state index contributed by atoms with van der Waals surface area (Å²) in [4.78, 5) is 19.4. The third kappa shape index (κ3) is 4.09. The summed E-state index contributed by atoms with van der Waals surface area (Å²) in [6, 6.07) is 15.3. The van der Waals surface area contributed by atoms with Crippen molar-refractivity contribution < 1.29 is 22.7 Å². The molecule has 1 aromatic heterocycles. The second-order valence-electron chi connectivity index (χ2n) is 8.26. The van der Waals surface area contributed by atoms with Crippen LogP contribution in [0.4, 0.5) is 5.69 Å². The van der Waals surface area contributed by atoms with Crippen LogP contribution in [0.3, 0.4) is 0 Å². The lowest BCUT2D eigenvalue weighted by Gasteiger charge is -2.40. The van der Waals surface area contributed by atoms with Gasteiger partial charge in [-0.05, 0) is 42.0 Å². The number of pyridine rings is 1. The number of hydrogen-bond donors (Lipinski definition) is 0. The number of amides is 1. The van der Waals surface area contributed by atoms with E-state index in [1.54, 1.807) is 41.6 Å². The summed E-state index contributed by atoms with van der Waals surface area (Å²) < 4.78 is 38.1. The van der Waals surface area contributed by atoms with E-state index >= 15 is 0 Å². The number of sulfonamides is 1. The first kappa shape index (κ1) is 22.8. The molecule has 0 atom stereocenters. The van der Waals surface area contributed by atoms with Crippen molar-refractivity contribution in [3.63, 3.8) is 0 Å². The highest BCUT2D eigenvalue weighted by molar-refractivity contribution is 7.89. The Morgan fingerprint density at radius 2 is 1.83 bits per heavy atom. The molecule has 2 aromatic carbocycles. The SMILES string of the molecule is COc1ccc(S(=O)(=O)N2CC(C(=O)N3CCOc4c(-c5ccc(C#N)cc5)cncc43)C2)cc1. The summed E-state index contributed by atoms with van der Waals surface area (Å²) >= 11 is 0. The number of ether oxygens (including phenoxy) is 2. The van der Waals surface area contributed by atoms with Crippen LogP contribution in [0.5, 0.6) is 11.5 Å². The number of benzene rings is 2. The highest BCUT2D eigenvalue weighted by atomic mass is 32.2. The Kier molecular flexibility index (Phi) is 5.88. The van der Waals surface area contributed by atoms with Gasteiger partial charge in [-0.3, -0.25) is 9.78 Å². The van der Waals surface area contributed by atoms with Gasteiger partial charge in [0.15, 0.2) is 5.75 Å². The minimum absolute atomic E-state index is 0.114. The molecule has 0 unspecified atom stereocenters.